The maximum absolute atomic E-state index is 13.1. The fourth-order valence-electron chi connectivity index (χ4n) is 3.15. The minimum absolute atomic E-state index is 0.266. The summed E-state index contributed by atoms with van der Waals surface area (Å²) in [4.78, 5) is 14.1. The van der Waals surface area contributed by atoms with Crippen molar-refractivity contribution in [2.75, 3.05) is 31.1 Å². The number of hydrogen-bond acceptors (Lipinski definition) is 3. The van der Waals surface area contributed by atoms with E-state index in [1.54, 1.807) is 12.1 Å². The Hall–Kier alpha value is -1.76. The second-order valence-corrected chi connectivity index (χ2v) is 6.32. The summed E-state index contributed by atoms with van der Waals surface area (Å²) in [6, 6.07) is 5.52. The number of carbonyl (C=O) groups is 1. The SMILES string of the molecule is O=C(NCC1CCN(c2ccc(F)cc2)C1)C1CC(F)(F)CN1. The fourth-order valence-corrected chi connectivity index (χ4v) is 3.15. The first-order chi connectivity index (χ1) is 10.9. The largest absolute Gasteiger partial charge is 0.371 e. The van der Waals surface area contributed by atoms with Crippen LogP contribution in [0.4, 0.5) is 18.9 Å². The van der Waals surface area contributed by atoms with Gasteiger partial charge in [-0.25, -0.2) is 13.2 Å². The molecule has 2 aliphatic rings. The highest BCUT2D eigenvalue weighted by molar-refractivity contribution is 5.82. The molecular formula is C16H20F3N3O. The Balaban J connectivity index is 1.45. The molecule has 0 aromatic heterocycles. The molecule has 0 spiro atoms. The predicted octanol–water partition coefficient (Wildman–Crippen LogP) is 1.77. The van der Waals surface area contributed by atoms with E-state index < -0.39 is 24.9 Å². The number of hydrogen-bond donors (Lipinski definition) is 2. The summed E-state index contributed by atoms with van der Waals surface area (Å²) in [6.45, 7) is 1.64. The maximum Gasteiger partial charge on any atom is 0.262 e. The van der Waals surface area contributed by atoms with Gasteiger partial charge in [-0.3, -0.25) is 10.1 Å². The van der Waals surface area contributed by atoms with Crippen LogP contribution in [0.1, 0.15) is 12.8 Å². The molecule has 3 rings (SSSR count). The number of halogens is 3. The molecule has 126 valence electrons. The average molecular weight is 327 g/mol. The molecule has 0 saturated carbocycles. The Labute approximate surface area is 133 Å². The van der Waals surface area contributed by atoms with Crippen LogP contribution in [-0.2, 0) is 4.79 Å². The zero-order chi connectivity index (χ0) is 16.4. The number of nitrogens with zero attached hydrogens (tertiary/aromatic N) is 1. The molecule has 2 unspecified atom stereocenters. The first kappa shape index (κ1) is 16.1. The summed E-state index contributed by atoms with van der Waals surface area (Å²) in [5.41, 5.74) is 0.956. The molecule has 0 aliphatic carbocycles. The van der Waals surface area contributed by atoms with Gasteiger partial charge in [0.25, 0.3) is 5.92 Å². The Morgan fingerprint density at radius 3 is 2.74 bits per heavy atom. The highest BCUT2D eigenvalue weighted by Gasteiger charge is 2.42. The highest BCUT2D eigenvalue weighted by atomic mass is 19.3. The van der Waals surface area contributed by atoms with Crippen LogP contribution in [0, 0.1) is 11.7 Å². The summed E-state index contributed by atoms with van der Waals surface area (Å²) in [6.07, 6.45) is 0.469. The summed E-state index contributed by atoms with van der Waals surface area (Å²) in [5.74, 6) is -3.15. The van der Waals surface area contributed by atoms with E-state index in [0.717, 1.165) is 25.2 Å². The third kappa shape index (κ3) is 3.96. The van der Waals surface area contributed by atoms with Gasteiger partial charge >= 0.3 is 0 Å². The normalized spacial score (nSPS) is 26.5. The first-order valence-electron chi connectivity index (χ1n) is 7.82. The number of amides is 1. The molecule has 2 N–H and O–H groups in total. The van der Waals surface area contributed by atoms with Crippen molar-refractivity contribution in [3.63, 3.8) is 0 Å². The fraction of sp³-hybridized carbons (Fsp3) is 0.562. The topological polar surface area (TPSA) is 44.4 Å². The molecule has 0 radical (unpaired) electrons. The van der Waals surface area contributed by atoms with Crippen LogP contribution in [0.3, 0.4) is 0 Å². The summed E-state index contributed by atoms with van der Waals surface area (Å²) in [7, 11) is 0. The van der Waals surface area contributed by atoms with Crippen LogP contribution in [0.15, 0.2) is 24.3 Å². The molecule has 23 heavy (non-hydrogen) atoms. The van der Waals surface area contributed by atoms with Crippen LogP contribution in [-0.4, -0.2) is 44.1 Å². The monoisotopic (exact) mass is 327 g/mol. The Morgan fingerprint density at radius 1 is 1.35 bits per heavy atom. The molecule has 2 saturated heterocycles. The molecule has 1 aromatic carbocycles. The van der Waals surface area contributed by atoms with E-state index in [2.05, 4.69) is 15.5 Å². The minimum atomic E-state index is -2.80. The van der Waals surface area contributed by atoms with Crippen molar-refractivity contribution in [2.24, 2.45) is 5.92 Å². The molecule has 4 nitrogen and oxygen atoms in total. The van der Waals surface area contributed by atoms with Gasteiger partial charge < -0.3 is 10.2 Å². The van der Waals surface area contributed by atoms with Crippen LogP contribution >= 0.6 is 0 Å². The lowest BCUT2D eigenvalue weighted by atomic mass is 10.1. The molecule has 2 atom stereocenters. The van der Waals surface area contributed by atoms with Gasteiger partial charge in [0, 0.05) is 31.7 Å². The van der Waals surface area contributed by atoms with Crippen molar-refractivity contribution >= 4 is 11.6 Å². The van der Waals surface area contributed by atoms with E-state index in [-0.39, 0.29) is 17.6 Å². The number of nitrogens with one attached hydrogen (secondary N) is 2. The zero-order valence-electron chi connectivity index (χ0n) is 12.7. The minimum Gasteiger partial charge on any atom is -0.371 e. The summed E-state index contributed by atoms with van der Waals surface area (Å²) >= 11 is 0. The quantitative estimate of drug-likeness (QED) is 0.886. The summed E-state index contributed by atoms with van der Waals surface area (Å²) < 4.78 is 39.1. The van der Waals surface area contributed by atoms with Crippen LogP contribution in [0.5, 0.6) is 0 Å². The van der Waals surface area contributed by atoms with E-state index in [0.29, 0.717) is 6.54 Å². The van der Waals surface area contributed by atoms with Gasteiger partial charge in [-0.2, -0.15) is 0 Å². The molecule has 0 bridgehead atoms. The third-order valence-electron chi connectivity index (χ3n) is 4.47. The molecule has 2 fully saturated rings. The van der Waals surface area contributed by atoms with Gasteiger partial charge in [0.2, 0.25) is 5.91 Å². The number of carbonyl (C=O) groups excluding carboxylic acids is 1. The smallest absolute Gasteiger partial charge is 0.262 e. The Bertz CT molecular complexity index is 564. The lowest BCUT2D eigenvalue weighted by molar-refractivity contribution is -0.123. The molecular weight excluding hydrogens is 307 g/mol. The molecule has 2 aliphatic heterocycles. The number of alkyl halides is 2. The van der Waals surface area contributed by atoms with E-state index in [1.165, 1.54) is 12.1 Å². The van der Waals surface area contributed by atoms with Crippen molar-refractivity contribution in [3.05, 3.63) is 30.1 Å². The molecule has 7 heteroatoms. The molecule has 1 aromatic rings. The lowest BCUT2D eigenvalue weighted by Crippen LogP contribution is -2.42. The predicted molar refractivity (Wildman–Crippen MR) is 81.1 cm³/mol. The zero-order valence-corrected chi connectivity index (χ0v) is 12.7. The van der Waals surface area contributed by atoms with Crippen molar-refractivity contribution in [1.82, 2.24) is 10.6 Å². The Morgan fingerprint density at radius 2 is 2.09 bits per heavy atom. The third-order valence-corrected chi connectivity index (χ3v) is 4.47. The van der Waals surface area contributed by atoms with Crippen LogP contribution < -0.4 is 15.5 Å². The Kier molecular flexibility index (Phi) is 4.48. The van der Waals surface area contributed by atoms with Crippen molar-refractivity contribution in [1.29, 1.82) is 0 Å². The van der Waals surface area contributed by atoms with Crippen molar-refractivity contribution < 1.29 is 18.0 Å². The van der Waals surface area contributed by atoms with Gasteiger partial charge in [0.05, 0.1) is 12.6 Å². The average Bonchev–Trinajstić information content (AvgIpc) is 3.12. The van der Waals surface area contributed by atoms with Gasteiger partial charge in [-0.15, -0.1) is 0 Å². The molecule has 1 amide bonds. The first-order valence-corrected chi connectivity index (χ1v) is 7.82. The van der Waals surface area contributed by atoms with E-state index in [1.807, 2.05) is 0 Å². The van der Waals surface area contributed by atoms with Crippen LogP contribution in [0.2, 0.25) is 0 Å². The number of anilines is 1. The standard InChI is InChI=1S/C16H20F3N3O/c17-12-1-3-13(4-2-12)22-6-5-11(9-22)8-20-15(23)14-7-16(18,19)10-21-14/h1-4,11,14,21H,5-10H2,(H,20,23). The second kappa shape index (κ2) is 6.39. The summed E-state index contributed by atoms with van der Waals surface area (Å²) in [5, 5.41) is 5.32. The van der Waals surface area contributed by atoms with Crippen LogP contribution in [0.25, 0.3) is 0 Å². The van der Waals surface area contributed by atoms with Crippen molar-refractivity contribution in [3.8, 4) is 0 Å². The van der Waals surface area contributed by atoms with Gasteiger partial charge in [0.15, 0.2) is 0 Å². The molecule has 2 heterocycles. The number of rotatable bonds is 4. The van der Waals surface area contributed by atoms with Gasteiger partial charge in [0.1, 0.15) is 5.82 Å². The highest BCUT2D eigenvalue weighted by Crippen LogP contribution is 2.26. The lowest BCUT2D eigenvalue weighted by Gasteiger charge is -2.19. The van der Waals surface area contributed by atoms with Gasteiger partial charge in [-0.05, 0) is 36.6 Å². The van der Waals surface area contributed by atoms with E-state index >= 15 is 0 Å². The van der Waals surface area contributed by atoms with Crippen molar-refractivity contribution in [2.45, 2.75) is 24.8 Å². The van der Waals surface area contributed by atoms with E-state index in [9.17, 15) is 18.0 Å². The van der Waals surface area contributed by atoms with Gasteiger partial charge in [-0.1, -0.05) is 0 Å². The second-order valence-electron chi connectivity index (χ2n) is 6.32. The maximum atomic E-state index is 13.1. The number of benzene rings is 1. The van der Waals surface area contributed by atoms with E-state index in [4.69, 9.17) is 0 Å².